The number of aryl methyl sites for hydroxylation is 2. The van der Waals surface area contributed by atoms with Crippen molar-refractivity contribution >= 4 is 21.6 Å². The Morgan fingerprint density at radius 1 is 1.03 bits per heavy atom. The van der Waals surface area contributed by atoms with Gasteiger partial charge in [-0.2, -0.15) is 4.31 Å². The number of rotatable bonds is 5. The molecule has 1 aliphatic carbocycles. The Balaban J connectivity index is 1.25. The summed E-state index contributed by atoms with van der Waals surface area (Å²) in [6, 6.07) is 12.9. The Labute approximate surface area is 187 Å². The summed E-state index contributed by atoms with van der Waals surface area (Å²) >= 11 is 0. The van der Waals surface area contributed by atoms with Gasteiger partial charge in [-0.25, -0.2) is 13.1 Å². The molecule has 166 valence electrons. The standard InChI is InChI=1S/C23H25N5O3S/c29-23(25-21-6-1-2-7-22(21)28-15-12-24-26-28)18-10-13-27(14-11-18)32(30,31)20-9-8-17-4-3-5-19(17)16-20/h1-2,6-9,12,15-16,18H,3-5,10-11,13-14H2,(H,25,29). The van der Waals surface area contributed by atoms with Crippen LogP contribution in [0.25, 0.3) is 5.69 Å². The average Bonchev–Trinajstić information content (AvgIpc) is 3.51. The number of sulfonamides is 1. The van der Waals surface area contributed by atoms with Crippen molar-refractivity contribution < 1.29 is 13.2 Å². The SMILES string of the molecule is O=C(Nc1ccccc1-n1ccnn1)C1CCN(S(=O)(=O)c2ccc3c(c2)CCC3)CC1. The smallest absolute Gasteiger partial charge is 0.243 e. The highest BCUT2D eigenvalue weighted by Crippen LogP contribution is 2.29. The van der Waals surface area contributed by atoms with Gasteiger partial charge in [-0.3, -0.25) is 4.79 Å². The number of anilines is 1. The van der Waals surface area contributed by atoms with Gasteiger partial charge in [0.25, 0.3) is 0 Å². The predicted octanol–water partition coefficient (Wildman–Crippen LogP) is 2.80. The summed E-state index contributed by atoms with van der Waals surface area (Å²) in [5.74, 6) is -0.350. The number of carbonyl (C=O) groups excluding carboxylic acids is 1. The maximum absolute atomic E-state index is 13.1. The lowest BCUT2D eigenvalue weighted by atomic mass is 9.97. The number of fused-ring (bicyclic) bond motifs is 1. The fourth-order valence-corrected chi connectivity index (χ4v) is 6.09. The predicted molar refractivity (Wildman–Crippen MR) is 120 cm³/mol. The van der Waals surface area contributed by atoms with Crippen LogP contribution in [0.3, 0.4) is 0 Å². The van der Waals surface area contributed by atoms with E-state index in [2.05, 4.69) is 15.6 Å². The van der Waals surface area contributed by atoms with Crippen molar-refractivity contribution in [3.63, 3.8) is 0 Å². The van der Waals surface area contributed by atoms with Crippen LogP contribution in [0.15, 0.2) is 59.8 Å². The van der Waals surface area contributed by atoms with Crippen LogP contribution in [0, 0.1) is 5.92 Å². The fraction of sp³-hybridized carbons (Fsp3) is 0.348. The molecule has 0 atom stereocenters. The third kappa shape index (κ3) is 3.93. The molecule has 0 spiro atoms. The summed E-state index contributed by atoms with van der Waals surface area (Å²) in [7, 11) is -3.54. The summed E-state index contributed by atoms with van der Waals surface area (Å²) in [5, 5.41) is 10.8. The maximum atomic E-state index is 13.1. The molecule has 32 heavy (non-hydrogen) atoms. The third-order valence-electron chi connectivity index (χ3n) is 6.36. The monoisotopic (exact) mass is 451 g/mol. The Hall–Kier alpha value is -3.04. The van der Waals surface area contributed by atoms with Crippen LogP contribution in [-0.4, -0.2) is 46.7 Å². The van der Waals surface area contributed by atoms with Gasteiger partial charge >= 0.3 is 0 Å². The van der Waals surface area contributed by atoms with Gasteiger partial charge in [0.05, 0.1) is 28.7 Å². The van der Waals surface area contributed by atoms with Crippen molar-refractivity contribution in [3.8, 4) is 5.69 Å². The molecule has 1 aliphatic heterocycles. The molecule has 1 N–H and O–H groups in total. The second-order valence-electron chi connectivity index (χ2n) is 8.32. The van der Waals surface area contributed by atoms with Gasteiger partial charge in [0, 0.05) is 19.0 Å². The Morgan fingerprint density at radius 3 is 2.59 bits per heavy atom. The first-order valence-corrected chi connectivity index (χ1v) is 12.3. The zero-order valence-electron chi connectivity index (χ0n) is 17.6. The topological polar surface area (TPSA) is 97.2 Å². The number of para-hydroxylation sites is 2. The highest BCUT2D eigenvalue weighted by Gasteiger charge is 2.33. The van der Waals surface area contributed by atoms with Crippen molar-refractivity contribution in [2.24, 2.45) is 5.92 Å². The molecular weight excluding hydrogens is 426 g/mol. The third-order valence-corrected chi connectivity index (χ3v) is 8.26. The molecule has 1 fully saturated rings. The molecule has 5 rings (SSSR count). The first-order chi connectivity index (χ1) is 15.5. The average molecular weight is 452 g/mol. The Kier molecular flexibility index (Phi) is 5.52. The van der Waals surface area contributed by atoms with Gasteiger partial charge in [0.1, 0.15) is 0 Å². The fourth-order valence-electron chi connectivity index (χ4n) is 4.57. The number of nitrogens with one attached hydrogen (secondary N) is 1. The van der Waals surface area contributed by atoms with Crippen molar-refractivity contribution in [2.45, 2.75) is 37.0 Å². The van der Waals surface area contributed by atoms with Crippen LogP contribution in [0.2, 0.25) is 0 Å². The second kappa shape index (κ2) is 8.48. The Morgan fingerprint density at radius 2 is 1.81 bits per heavy atom. The number of carbonyl (C=O) groups is 1. The summed E-state index contributed by atoms with van der Waals surface area (Å²) in [6.45, 7) is 0.671. The number of hydrogen-bond donors (Lipinski definition) is 1. The molecule has 2 aromatic carbocycles. The van der Waals surface area contributed by atoms with E-state index >= 15 is 0 Å². The summed E-state index contributed by atoms with van der Waals surface area (Å²) < 4.78 is 29.4. The van der Waals surface area contributed by atoms with Crippen LogP contribution >= 0.6 is 0 Å². The highest BCUT2D eigenvalue weighted by atomic mass is 32.2. The quantitative estimate of drug-likeness (QED) is 0.643. The van der Waals surface area contributed by atoms with Gasteiger partial charge in [-0.05, 0) is 67.5 Å². The molecule has 1 saturated heterocycles. The van der Waals surface area contributed by atoms with E-state index < -0.39 is 10.0 Å². The van der Waals surface area contributed by atoms with Crippen molar-refractivity contribution in [3.05, 3.63) is 66.0 Å². The minimum atomic E-state index is -3.54. The molecule has 1 aromatic heterocycles. The number of benzene rings is 2. The summed E-state index contributed by atoms with van der Waals surface area (Å²) in [6.07, 6.45) is 7.32. The Bertz CT molecular complexity index is 1230. The van der Waals surface area contributed by atoms with E-state index in [-0.39, 0.29) is 11.8 Å². The minimum Gasteiger partial charge on any atom is -0.324 e. The summed E-state index contributed by atoms with van der Waals surface area (Å²) in [5.41, 5.74) is 3.78. The van der Waals surface area contributed by atoms with Crippen LogP contribution in [0.5, 0.6) is 0 Å². The van der Waals surface area contributed by atoms with E-state index in [4.69, 9.17) is 0 Å². The van der Waals surface area contributed by atoms with E-state index in [1.54, 1.807) is 23.1 Å². The summed E-state index contributed by atoms with van der Waals surface area (Å²) in [4.78, 5) is 13.3. The molecule has 0 saturated carbocycles. The molecule has 0 radical (unpaired) electrons. The first kappa shape index (κ1) is 20.8. The van der Waals surface area contributed by atoms with Gasteiger partial charge in [0.2, 0.25) is 15.9 Å². The first-order valence-electron chi connectivity index (χ1n) is 10.9. The largest absolute Gasteiger partial charge is 0.324 e. The minimum absolute atomic E-state index is 0.104. The molecule has 2 aliphatic rings. The number of aromatic nitrogens is 3. The van der Waals surface area contributed by atoms with E-state index in [1.165, 1.54) is 9.87 Å². The molecule has 0 unspecified atom stereocenters. The molecule has 3 aromatic rings. The van der Waals surface area contributed by atoms with Gasteiger partial charge in [-0.1, -0.05) is 23.4 Å². The van der Waals surface area contributed by atoms with E-state index in [0.29, 0.717) is 36.5 Å². The van der Waals surface area contributed by atoms with Crippen LogP contribution in [0.1, 0.15) is 30.4 Å². The zero-order valence-corrected chi connectivity index (χ0v) is 18.5. The molecule has 8 nitrogen and oxygen atoms in total. The molecule has 1 amide bonds. The molecule has 9 heteroatoms. The van der Waals surface area contributed by atoms with Crippen LogP contribution in [-0.2, 0) is 27.7 Å². The van der Waals surface area contributed by atoms with Gasteiger partial charge in [-0.15, -0.1) is 5.10 Å². The highest BCUT2D eigenvalue weighted by molar-refractivity contribution is 7.89. The lowest BCUT2D eigenvalue weighted by molar-refractivity contribution is -0.120. The molecule has 0 bridgehead atoms. The van der Waals surface area contributed by atoms with Gasteiger partial charge < -0.3 is 5.32 Å². The van der Waals surface area contributed by atoms with Crippen molar-refractivity contribution in [2.75, 3.05) is 18.4 Å². The molecular formula is C23H25N5O3S. The normalized spacial score (nSPS) is 17.2. The van der Waals surface area contributed by atoms with Crippen molar-refractivity contribution in [1.82, 2.24) is 19.3 Å². The van der Waals surface area contributed by atoms with Crippen LogP contribution < -0.4 is 5.32 Å². The van der Waals surface area contributed by atoms with Gasteiger partial charge in [0.15, 0.2) is 0 Å². The number of nitrogens with zero attached hydrogens (tertiary/aromatic N) is 4. The van der Waals surface area contributed by atoms with Crippen LogP contribution in [0.4, 0.5) is 5.69 Å². The van der Waals surface area contributed by atoms with E-state index in [0.717, 1.165) is 30.5 Å². The zero-order chi connectivity index (χ0) is 22.1. The number of amides is 1. The lowest BCUT2D eigenvalue weighted by Crippen LogP contribution is -2.41. The lowest BCUT2D eigenvalue weighted by Gasteiger charge is -2.30. The second-order valence-corrected chi connectivity index (χ2v) is 10.3. The van der Waals surface area contributed by atoms with E-state index in [9.17, 15) is 13.2 Å². The number of piperidine rings is 1. The van der Waals surface area contributed by atoms with E-state index in [1.807, 2.05) is 36.4 Å². The maximum Gasteiger partial charge on any atom is 0.243 e. The van der Waals surface area contributed by atoms with Crippen molar-refractivity contribution in [1.29, 1.82) is 0 Å². The molecule has 2 heterocycles. The number of hydrogen-bond acceptors (Lipinski definition) is 5.